The van der Waals surface area contributed by atoms with E-state index in [1.807, 2.05) is 21.1 Å². The van der Waals surface area contributed by atoms with E-state index in [-0.39, 0.29) is 44.7 Å². The van der Waals surface area contributed by atoms with Gasteiger partial charge in [0, 0.05) is 44.4 Å². The topological polar surface area (TPSA) is 186 Å². The molecule has 0 saturated heterocycles. The van der Waals surface area contributed by atoms with Crippen LogP contribution in [0.5, 0.6) is 0 Å². The van der Waals surface area contributed by atoms with E-state index in [1.54, 1.807) is 12.2 Å². The zero-order valence-electron chi connectivity index (χ0n) is 27.0. The molecule has 1 aliphatic rings. The van der Waals surface area contributed by atoms with E-state index in [1.165, 1.54) is 0 Å². The Bertz CT molecular complexity index is 953. The second-order valence-electron chi connectivity index (χ2n) is 12.5. The molecule has 256 valence electrons. The number of carbonyl (C=O) groups excluding carboxylic acids is 3. The third kappa shape index (κ3) is 18.3. The van der Waals surface area contributed by atoms with Crippen molar-refractivity contribution in [3.05, 3.63) is 12.2 Å². The molecule has 0 spiro atoms. The van der Waals surface area contributed by atoms with E-state index < -0.39 is 62.6 Å². The number of ketones is 1. The first-order chi connectivity index (χ1) is 20.5. The van der Waals surface area contributed by atoms with Gasteiger partial charge in [0.15, 0.2) is 6.10 Å². The number of hydrogen-bond donors (Lipinski definition) is 4. The number of esters is 2. The van der Waals surface area contributed by atoms with Gasteiger partial charge in [0.1, 0.15) is 25.5 Å². The normalized spacial score (nSPS) is 23.3. The van der Waals surface area contributed by atoms with Crippen LogP contribution in [0.25, 0.3) is 0 Å². The lowest BCUT2D eigenvalue weighted by molar-refractivity contribution is -0.870. The Hall–Kier alpha value is -1.70. The fourth-order valence-corrected chi connectivity index (χ4v) is 5.57. The smallest absolute Gasteiger partial charge is 0.462 e. The molecular weight excluding hydrogens is 597 g/mol. The average Bonchev–Trinajstić information content (AvgIpc) is 3.17. The molecule has 4 N–H and O–H groups in total. The van der Waals surface area contributed by atoms with Crippen LogP contribution in [-0.4, -0.2) is 114 Å². The number of hydrogen-bond acceptors (Lipinski definition) is 11. The van der Waals surface area contributed by atoms with Crippen LogP contribution >= 0.6 is 7.82 Å². The van der Waals surface area contributed by atoms with Gasteiger partial charge in [-0.25, -0.2) is 4.57 Å². The number of rotatable bonds is 23. The molecular formula is C30H55NO12P+. The van der Waals surface area contributed by atoms with Crippen LogP contribution in [-0.2, 0) is 37.5 Å². The Balaban J connectivity index is 2.43. The van der Waals surface area contributed by atoms with Crippen molar-refractivity contribution in [2.24, 2.45) is 11.8 Å². The van der Waals surface area contributed by atoms with Crippen molar-refractivity contribution in [3.63, 3.8) is 0 Å². The maximum atomic E-state index is 12.6. The molecule has 44 heavy (non-hydrogen) atoms. The van der Waals surface area contributed by atoms with Gasteiger partial charge in [0.2, 0.25) is 0 Å². The molecule has 1 saturated carbocycles. The SMILES string of the molecule is CCCCC[C@H](O)/C=C/[C@@H]1[C@@H](CC(=O)CCCCC(=O)OC[C@H](COP(=O)(O)OCC[N+](C)(C)C)OC(C)=O)[C@@H](O)C[C@H]1O. The molecule has 1 fully saturated rings. The summed E-state index contributed by atoms with van der Waals surface area (Å²) in [4.78, 5) is 46.1. The highest BCUT2D eigenvalue weighted by Crippen LogP contribution is 2.43. The van der Waals surface area contributed by atoms with Gasteiger partial charge in [-0.3, -0.25) is 23.4 Å². The standard InChI is InChI=1S/C30H54NO12P/c1-6-7-8-11-23(33)14-15-26-27(29(36)19-28(26)35)18-24(34)12-9-10-13-30(37)40-20-25(43-22(2)32)21-42-44(38,39)41-17-16-31(3,4)5/h14-15,23,25-29,33,35-36H,6-13,16-21H2,1-5H3/p+1/b15-14+/t23-,25+,26+,27+,28+,29-/m0/s1. The Morgan fingerprint density at radius 1 is 1.00 bits per heavy atom. The molecule has 13 nitrogen and oxygen atoms in total. The van der Waals surface area contributed by atoms with Crippen molar-refractivity contribution in [3.8, 4) is 0 Å². The lowest BCUT2D eigenvalue weighted by atomic mass is 9.87. The number of carbonyl (C=O) groups is 3. The molecule has 0 aromatic rings. The first-order valence-electron chi connectivity index (χ1n) is 15.5. The molecule has 0 radical (unpaired) electrons. The van der Waals surface area contributed by atoms with E-state index in [2.05, 4.69) is 6.92 Å². The number of quaternary nitrogens is 1. The first kappa shape index (κ1) is 40.3. The van der Waals surface area contributed by atoms with Gasteiger partial charge < -0.3 is 34.2 Å². The monoisotopic (exact) mass is 652 g/mol. The molecule has 1 rings (SSSR count). The van der Waals surface area contributed by atoms with E-state index in [0.29, 0.717) is 30.3 Å². The van der Waals surface area contributed by atoms with E-state index in [9.17, 15) is 39.2 Å². The van der Waals surface area contributed by atoms with E-state index in [4.69, 9.17) is 18.5 Å². The van der Waals surface area contributed by atoms with Crippen molar-refractivity contribution >= 4 is 25.5 Å². The van der Waals surface area contributed by atoms with Gasteiger partial charge in [0.25, 0.3) is 0 Å². The van der Waals surface area contributed by atoms with Gasteiger partial charge in [0.05, 0.1) is 46.1 Å². The van der Waals surface area contributed by atoms with Crippen molar-refractivity contribution < 1.29 is 62.2 Å². The third-order valence-electron chi connectivity index (χ3n) is 7.33. The largest absolute Gasteiger partial charge is 0.472 e. The fourth-order valence-electron chi connectivity index (χ4n) is 4.83. The van der Waals surface area contributed by atoms with Crippen molar-refractivity contribution in [2.45, 2.75) is 102 Å². The quantitative estimate of drug-likeness (QED) is 0.0416. The summed E-state index contributed by atoms with van der Waals surface area (Å²) in [6.07, 6.45) is 4.80. The first-order valence-corrected chi connectivity index (χ1v) is 17.0. The minimum Gasteiger partial charge on any atom is -0.462 e. The second kappa shape index (κ2) is 20.4. The fraction of sp³-hybridized carbons (Fsp3) is 0.833. The van der Waals surface area contributed by atoms with Crippen molar-refractivity contribution in [1.29, 1.82) is 0 Å². The molecule has 1 unspecified atom stereocenters. The highest BCUT2D eigenvalue weighted by molar-refractivity contribution is 7.47. The Labute approximate surface area is 261 Å². The summed E-state index contributed by atoms with van der Waals surface area (Å²) in [7, 11) is 1.26. The van der Waals surface area contributed by atoms with Gasteiger partial charge >= 0.3 is 19.8 Å². The predicted molar refractivity (Wildman–Crippen MR) is 162 cm³/mol. The number of Topliss-reactive ketones (excluding diaryl/α,β-unsaturated/α-hetero) is 1. The molecule has 0 bridgehead atoms. The number of ether oxygens (including phenoxy) is 2. The highest BCUT2D eigenvalue weighted by atomic mass is 31.2. The number of likely N-dealkylation sites (N-methyl/N-ethyl adjacent to an activating group) is 1. The summed E-state index contributed by atoms with van der Waals surface area (Å²) in [6.45, 7) is 2.74. The molecule has 0 amide bonds. The number of aliphatic hydroxyl groups excluding tert-OH is 3. The third-order valence-corrected chi connectivity index (χ3v) is 8.31. The Morgan fingerprint density at radius 2 is 1.68 bits per heavy atom. The van der Waals surface area contributed by atoms with Crippen LogP contribution in [0.2, 0.25) is 0 Å². The molecule has 1 aliphatic carbocycles. The van der Waals surface area contributed by atoms with Crippen LogP contribution in [0.4, 0.5) is 0 Å². The Kier molecular flexibility index (Phi) is 18.7. The summed E-state index contributed by atoms with van der Waals surface area (Å²) in [5.74, 6) is -2.25. The lowest BCUT2D eigenvalue weighted by Gasteiger charge is -2.24. The van der Waals surface area contributed by atoms with Crippen LogP contribution in [0.3, 0.4) is 0 Å². The summed E-state index contributed by atoms with van der Waals surface area (Å²) < 4.78 is 32.6. The summed E-state index contributed by atoms with van der Waals surface area (Å²) in [5, 5.41) is 31.0. The van der Waals surface area contributed by atoms with Gasteiger partial charge in [-0.1, -0.05) is 38.3 Å². The number of aliphatic hydroxyl groups is 3. The lowest BCUT2D eigenvalue weighted by Crippen LogP contribution is -2.37. The molecule has 14 heteroatoms. The van der Waals surface area contributed by atoms with Crippen LogP contribution in [0.15, 0.2) is 12.2 Å². The minimum absolute atomic E-state index is 0.000361. The van der Waals surface area contributed by atoms with Gasteiger partial charge in [-0.15, -0.1) is 0 Å². The zero-order chi connectivity index (χ0) is 33.3. The molecule has 0 aromatic carbocycles. The van der Waals surface area contributed by atoms with Crippen molar-refractivity contribution in [1.82, 2.24) is 0 Å². The molecule has 0 heterocycles. The summed E-state index contributed by atoms with van der Waals surface area (Å²) >= 11 is 0. The maximum absolute atomic E-state index is 12.6. The Morgan fingerprint density at radius 3 is 2.32 bits per heavy atom. The van der Waals surface area contributed by atoms with Crippen LogP contribution in [0.1, 0.15) is 78.1 Å². The van der Waals surface area contributed by atoms with Crippen molar-refractivity contribution in [2.75, 3.05) is 47.5 Å². The number of phosphoric acid groups is 1. The molecule has 0 aliphatic heterocycles. The highest BCUT2D eigenvalue weighted by Gasteiger charge is 2.41. The average molecular weight is 653 g/mol. The summed E-state index contributed by atoms with van der Waals surface area (Å²) in [5.41, 5.74) is 0. The number of unbranched alkanes of at least 4 members (excludes halogenated alkanes) is 3. The molecule has 7 atom stereocenters. The number of phosphoric ester groups is 1. The number of nitrogens with zero attached hydrogens (tertiary/aromatic N) is 1. The second-order valence-corrected chi connectivity index (χ2v) is 14.0. The van der Waals surface area contributed by atoms with Crippen LogP contribution in [0, 0.1) is 11.8 Å². The zero-order valence-corrected chi connectivity index (χ0v) is 27.9. The van der Waals surface area contributed by atoms with Gasteiger partial charge in [-0.2, -0.15) is 0 Å². The maximum Gasteiger partial charge on any atom is 0.472 e. The van der Waals surface area contributed by atoms with E-state index in [0.717, 1.165) is 26.2 Å². The molecule has 0 aromatic heterocycles. The predicted octanol–water partition coefficient (Wildman–Crippen LogP) is 2.68. The minimum atomic E-state index is -4.41. The summed E-state index contributed by atoms with van der Waals surface area (Å²) in [6, 6.07) is 0. The van der Waals surface area contributed by atoms with Crippen LogP contribution < -0.4 is 0 Å². The van der Waals surface area contributed by atoms with E-state index >= 15 is 0 Å². The van der Waals surface area contributed by atoms with Gasteiger partial charge in [-0.05, 0) is 19.3 Å².